The summed E-state index contributed by atoms with van der Waals surface area (Å²) in [4.78, 5) is 12.6. The van der Waals surface area contributed by atoms with E-state index < -0.39 is 0 Å². The predicted molar refractivity (Wildman–Crippen MR) is 82.6 cm³/mol. The quantitative estimate of drug-likeness (QED) is 0.895. The summed E-state index contributed by atoms with van der Waals surface area (Å²) in [6.45, 7) is 3.59. The van der Waals surface area contributed by atoms with Crippen LogP contribution in [-0.2, 0) is 4.74 Å². The summed E-state index contributed by atoms with van der Waals surface area (Å²) in [6, 6.07) is 8.35. The topological polar surface area (TPSA) is 50.4 Å². The van der Waals surface area contributed by atoms with Crippen molar-refractivity contribution in [2.75, 3.05) is 26.3 Å². The second kappa shape index (κ2) is 7.05. The van der Waals surface area contributed by atoms with Gasteiger partial charge in [-0.15, -0.1) is 0 Å². The monoisotopic (exact) mass is 288 g/mol. The molecule has 2 aliphatic rings. The van der Waals surface area contributed by atoms with Gasteiger partial charge in [-0.25, -0.2) is 0 Å². The van der Waals surface area contributed by atoms with E-state index in [1.165, 1.54) is 5.56 Å². The number of rotatable bonds is 3. The van der Waals surface area contributed by atoms with Gasteiger partial charge in [-0.1, -0.05) is 18.2 Å². The minimum Gasteiger partial charge on any atom is -0.381 e. The van der Waals surface area contributed by atoms with E-state index in [9.17, 15) is 4.79 Å². The Bertz CT molecular complexity index is 477. The second-order valence-electron chi connectivity index (χ2n) is 5.97. The van der Waals surface area contributed by atoms with Gasteiger partial charge in [0.1, 0.15) is 0 Å². The first-order chi connectivity index (χ1) is 10.3. The van der Waals surface area contributed by atoms with Crippen LogP contribution in [-0.4, -0.2) is 38.3 Å². The first kappa shape index (κ1) is 14.5. The summed E-state index contributed by atoms with van der Waals surface area (Å²) in [5.41, 5.74) is 2.07. The molecule has 21 heavy (non-hydrogen) atoms. The molecule has 2 N–H and O–H groups in total. The number of nitrogens with one attached hydrogen (secondary N) is 2. The lowest BCUT2D eigenvalue weighted by Gasteiger charge is -2.26. The molecule has 0 atom stereocenters. The van der Waals surface area contributed by atoms with Crippen LogP contribution in [0.3, 0.4) is 0 Å². The van der Waals surface area contributed by atoms with Crippen LogP contribution in [0.2, 0.25) is 0 Å². The molecule has 2 aliphatic heterocycles. The average Bonchev–Trinajstić information content (AvgIpc) is 2.56. The lowest BCUT2D eigenvalue weighted by Crippen LogP contribution is -2.39. The molecule has 1 aromatic rings. The molecule has 4 heteroatoms. The number of ether oxygens (including phenoxy) is 1. The molecular weight excluding hydrogens is 264 g/mol. The van der Waals surface area contributed by atoms with E-state index >= 15 is 0 Å². The van der Waals surface area contributed by atoms with Crippen molar-refractivity contribution in [1.82, 2.24) is 10.6 Å². The van der Waals surface area contributed by atoms with E-state index in [1.807, 2.05) is 18.2 Å². The normalized spacial score (nSPS) is 21.1. The van der Waals surface area contributed by atoms with Crippen molar-refractivity contribution in [3.8, 4) is 0 Å². The summed E-state index contributed by atoms with van der Waals surface area (Å²) in [5.74, 6) is 0.582. The lowest BCUT2D eigenvalue weighted by molar-refractivity contribution is 0.0695. The summed E-state index contributed by atoms with van der Waals surface area (Å²) in [6.07, 6.45) is 4.06. The minimum atomic E-state index is 0.0797. The number of piperidine rings is 1. The van der Waals surface area contributed by atoms with E-state index in [4.69, 9.17) is 4.74 Å². The van der Waals surface area contributed by atoms with Gasteiger partial charge in [0, 0.05) is 24.8 Å². The van der Waals surface area contributed by atoms with Gasteiger partial charge in [0.2, 0.25) is 0 Å². The van der Waals surface area contributed by atoms with Crippen LogP contribution in [0.15, 0.2) is 24.3 Å². The Labute approximate surface area is 126 Å². The fourth-order valence-corrected chi connectivity index (χ4v) is 3.30. The zero-order valence-electron chi connectivity index (χ0n) is 12.4. The first-order valence-electron chi connectivity index (χ1n) is 8.03. The maximum atomic E-state index is 12.6. The Hall–Kier alpha value is -1.39. The van der Waals surface area contributed by atoms with E-state index in [0.29, 0.717) is 5.92 Å². The molecule has 1 aromatic carbocycles. The Morgan fingerprint density at radius 3 is 2.57 bits per heavy atom. The summed E-state index contributed by atoms with van der Waals surface area (Å²) < 4.78 is 5.35. The average molecular weight is 288 g/mol. The highest BCUT2D eigenvalue weighted by Gasteiger charge is 2.23. The van der Waals surface area contributed by atoms with Crippen molar-refractivity contribution in [2.45, 2.75) is 37.6 Å². The Balaban J connectivity index is 1.72. The number of carbonyl (C=O) groups is 1. The fourth-order valence-electron chi connectivity index (χ4n) is 3.30. The number of carbonyl (C=O) groups excluding carboxylic acids is 1. The molecule has 1 amide bonds. The molecule has 0 bridgehead atoms. The third-order valence-electron chi connectivity index (χ3n) is 4.54. The van der Waals surface area contributed by atoms with Crippen LogP contribution in [0.4, 0.5) is 0 Å². The van der Waals surface area contributed by atoms with Crippen LogP contribution in [0.25, 0.3) is 0 Å². The highest BCUT2D eigenvalue weighted by Crippen LogP contribution is 2.28. The zero-order valence-corrected chi connectivity index (χ0v) is 12.4. The molecule has 0 saturated carbocycles. The Morgan fingerprint density at radius 2 is 1.81 bits per heavy atom. The van der Waals surface area contributed by atoms with E-state index in [1.54, 1.807) is 0 Å². The third kappa shape index (κ3) is 3.63. The van der Waals surface area contributed by atoms with Crippen LogP contribution >= 0.6 is 0 Å². The van der Waals surface area contributed by atoms with Gasteiger partial charge in [-0.2, -0.15) is 0 Å². The molecule has 114 valence electrons. The second-order valence-corrected chi connectivity index (χ2v) is 5.97. The van der Waals surface area contributed by atoms with E-state index in [-0.39, 0.29) is 11.9 Å². The molecule has 2 saturated heterocycles. The van der Waals surface area contributed by atoms with Gasteiger partial charge in [-0.3, -0.25) is 4.79 Å². The van der Waals surface area contributed by atoms with Gasteiger partial charge in [0.25, 0.3) is 5.91 Å². The highest BCUT2D eigenvalue weighted by molar-refractivity contribution is 5.96. The highest BCUT2D eigenvalue weighted by atomic mass is 16.5. The number of amides is 1. The smallest absolute Gasteiger partial charge is 0.251 e. The standard InChI is InChI=1S/C17H24N2O2/c20-17(19-14-7-11-21-12-8-14)16-4-2-1-3-15(16)13-5-9-18-10-6-13/h1-4,13-14,18H,5-12H2,(H,19,20). The number of benzene rings is 1. The largest absolute Gasteiger partial charge is 0.381 e. The molecule has 0 aromatic heterocycles. The summed E-state index contributed by atoms with van der Waals surface area (Å²) in [5, 5.41) is 6.56. The summed E-state index contributed by atoms with van der Waals surface area (Å²) >= 11 is 0. The predicted octanol–water partition coefficient (Wildman–Crippen LogP) is 2.06. The molecule has 0 aliphatic carbocycles. The van der Waals surface area contributed by atoms with Crippen molar-refractivity contribution >= 4 is 5.91 Å². The van der Waals surface area contributed by atoms with Gasteiger partial charge in [-0.05, 0) is 56.3 Å². The molecule has 0 unspecified atom stereocenters. The van der Waals surface area contributed by atoms with Crippen molar-refractivity contribution < 1.29 is 9.53 Å². The van der Waals surface area contributed by atoms with Crippen LogP contribution in [0.5, 0.6) is 0 Å². The minimum absolute atomic E-state index is 0.0797. The zero-order chi connectivity index (χ0) is 14.5. The fraction of sp³-hybridized carbons (Fsp3) is 0.588. The van der Waals surface area contributed by atoms with Crippen molar-refractivity contribution in [3.05, 3.63) is 35.4 Å². The van der Waals surface area contributed by atoms with Crippen LogP contribution < -0.4 is 10.6 Å². The van der Waals surface area contributed by atoms with E-state index in [2.05, 4.69) is 16.7 Å². The Morgan fingerprint density at radius 1 is 1.10 bits per heavy atom. The maximum absolute atomic E-state index is 12.6. The molecule has 0 spiro atoms. The molecular formula is C17H24N2O2. The molecule has 3 rings (SSSR count). The van der Waals surface area contributed by atoms with Crippen molar-refractivity contribution in [1.29, 1.82) is 0 Å². The van der Waals surface area contributed by atoms with Crippen molar-refractivity contribution in [3.63, 3.8) is 0 Å². The van der Waals surface area contributed by atoms with Gasteiger partial charge < -0.3 is 15.4 Å². The van der Waals surface area contributed by atoms with Gasteiger partial charge in [0.05, 0.1) is 0 Å². The first-order valence-corrected chi connectivity index (χ1v) is 8.03. The number of hydrogen-bond acceptors (Lipinski definition) is 3. The molecule has 2 heterocycles. The number of hydrogen-bond donors (Lipinski definition) is 2. The van der Waals surface area contributed by atoms with Crippen LogP contribution in [0, 0.1) is 0 Å². The summed E-state index contributed by atoms with van der Waals surface area (Å²) in [7, 11) is 0. The Kier molecular flexibility index (Phi) is 4.88. The molecule has 0 radical (unpaired) electrons. The van der Waals surface area contributed by atoms with Gasteiger partial charge in [0.15, 0.2) is 0 Å². The van der Waals surface area contributed by atoms with Gasteiger partial charge >= 0.3 is 0 Å². The lowest BCUT2D eigenvalue weighted by atomic mass is 9.87. The van der Waals surface area contributed by atoms with Crippen molar-refractivity contribution in [2.24, 2.45) is 0 Å². The molecule has 2 fully saturated rings. The third-order valence-corrected chi connectivity index (χ3v) is 4.54. The van der Waals surface area contributed by atoms with Crippen LogP contribution in [0.1, 0.15) is 47.5 Å². The molecule has 4 nitrogen and oxygen atoms in total. The SMILES string of the molecule is O=C(NC1CCOCC1)c1ccccc1C1CCNCC1. The van der Waals surface area contributed by atoms with E-state index in [0.717, 1.165) is 57.6 Å². The maximum Gasteiger partial charge on any atom is 0.251 e.